The van der Waals surface area contributed by atoms with E-state index >= 15 is 0 Å². The molecule has 2 fully saturated rings. The summed E-state index contributed by atoms with van der Waals surface area (Å²) < 4.78 is 5.76. The minimum Gasteiger partial charge on any atom is -0.494 e. The Morgan fingerprint density at radius 3 is 2.50 bits per heavy atom. The van der Waals surface area contributed by atoms with Crippen LogP contribution >= 0.6 is 0 Å². The largest absolute Gasteiger partial charge is 0.494 e. The van der Waals surface area contributed by atoms with Gasteiger partial charge in [-0.25, -0.2) is 10.9 Å². The van der Waals surface area contributed by atoms with E-state index in [0.717, 1.165) is 57.8 Å². The summed E-state index contributed by atoms with van der Waals surface area (Å²) in [4.78, 5) is 17.5. The van der Waals surface area contributed by atoms with Gasteiger partial charge in [0.2, 0.25) is 5.91 Å². The van der Waals surface area contributed by atoms with Crippen LogP contribution in [0.2, 0.25) is 0 Å². The molecule has 0 spiro atoms. The normalized spacial score (nSPS) is 21.1. The molecule has 2 saturated heterocycles. The second-order valence-electron chi connectivity index (χ2n) is 8.93. The first kappa shape index (κ1) is 22.6. The highest BCUT2D eigenvalue weighted by molar-refractivity contribution is 5.82. The van der Waals surface area contributed by atoms with Gasteiger partial charge in [0, 0.05) is 37.9 Å². The Bertz CT molecular complexity index is 907. The van der Waals surface area contributed by atoms with Crippen LogP contribution in [-0.4, -0.2) is 49.6 Å². The maximum atomic E-state index is 13.1. The SMILES string of the molecule is CCCCOc1ccc(C2CC(C(=O)N3CCN(c4cccc(C)c4C)CC3)NN2)cc1. The van der Waals surface area contributed by atoms with Crippen molar-refractivity contribution in [2.24, 2.45) is 0 Å². The third-order valence-electron chi connectivity index (χ3n) is 6.76. The first-order valence-corrected chi connectivity index (χ1v) is 11.9. The van der Waals surface area contributed by atoms with Crippen molar-refractivity contribution >= 4 is 11.6 Å². The summed E-state index contributed by atoms with van der Waals surface area (Å²) in [6.07, 6.45) is 2.95. The van der Waals surface area contributed by atoms with Gasteiger partial charge in [0.15, 0.2) is 0 Å². The van der Waals surface area contributed by atoms with Crippen molar-refractivity contribution in [2.45, 2.75) is 52.1 Å². The zero-order chi connectivity index (χ0) is 22.5. The maximum Gasteiger partial charge on any atom is 0.241 e. The minimum absolute atomic E-state index is 0.130. The summed E-state index contributed by atoms with van der Waals surface area (Å²) in [5, 5.41) is 0. The zero-order valence-corrected chi connectivity index (χ0v) is 19.6. The predicted octanol–water partition coefficient (Wildman–Crippen LogP) is 3.74. The van der Waals surface area contributed by atoms with Gasteiger partial charge in [-0.05, 0) is 61.6 Å². The average Bonchev–Trinajstić information content (AvgIpc) is 3.31. The number of amides is 1. The van der Waals surface area contributed by atoms with Gasteiger partial charge >= 0.3 is 0 Å². The molecule has 2 aliphatic rings. The van der Waals surface area contributed by atoms with Crippen molar-refractivity contribution in [2.75, 3.05) is 37.7 Å². The summed E-state index contributed by atoms with van der Waals surface area (Å²) in [7, 11) is 0. The third kappa shape index (κ3) is 5.08. The molecule has 6 nitrogen and oxygen atoms in total. The standard InChI is InChI=1S/C26H36N4O2/c1-4-5-17-32-22-11-9-21(10-12-22)23-18-24(28-27-23)26(31)30-15-13-29(14-16-30)25-8-6-7-19(2)20(25)3/h6-12,23-24,27-28H,4-5,13-18H2,1-3H3. The fraction of sp³-hybridized carbons (Fsp3) is 0.500. The number of unbranched alkanes of at least 4 members (excludes halogenated alkanes) is 1. The number of carbonyl (C=O) groups excluding carboxylic acids is 1. The molecule has 2 aliphatic heterocycles. The van der Waals surface area contributed by atoms with Crippen LogP contribution in [0.25, 0.3) is 0 Å². The molecule has 172 valence electrons. The van der Waals surface area contributed by atoms with Gasteiger partial charge in [-0.3, -0.25) is 4.79 Å². The number of ether oxygens (including phenoxy) is 1. The summed E-state index contributed by atoms with van der Waals surface area (Å²) in [5.74, 6) is 1.10. The zero-order valence-electron chi connectivity index (χ0n) is 19.6. The molecule has 2 heterocycles. The van der Waals surface area contributed by atoms with E-state index in [1.165, 1.54) is 22.4 Å². The Kier molecular flexibility index (Phi) is 7.33. The van der Waals surface area contributed by atoms with Gasteiger partial charge in [-0.15, -0.1) is 0 Å². The molecule has 2 unspecified atom stereocenters. The molecule has 2 aromatic rings. The minimum atomic E-state index is -0.187. The fourth-order valence-corrected chi connectivity index (χ4v) is 4.53. The Balaban J connectivity index is 1.28. The summed E-state index contributed by atoms with van der Waals surface area (Å²) >= 11 is 0. The quantitative estimate of drug-likeness (QED) is 0.648. The van der Waals surface area contributed by atoms with Crippen LogP contribution < -0.4 is 20.5 Å². The van der Waals surface area contributed by atoms with E-state index in [9.17, 15) is 4.79 Å². The highest BCUT2D eigenvalue weighted by atomic mass is 16.5. The van der Waals surface area contributed by atoms with Crippen LogP contribution in [0, 0.1) is 13.8 Å². The molecule has 1 amide bonds. The number of hydrazine groups is 1. The number of aryl methyl sites for hydroxylation is 1. The van der Waals surface area contributed by atoms with Crippen molar-refractivity contribution in [3.05, 3.63) is 59.2 Å². The van der Waals surface area contributed by atoms with Gasteiger partial charge in [0.05, 0.1) is 6.61 Å². The second-order valence-corrected chi connectivity index (χ2v) is 8.93. The number of hydrogen-bond donors (Lipinski definition) is 2. The highest BCUT2D eigenvalue weighted by Crippen LogP contribution is 2.27. The van der Waals surface area contributed by atoms with E-state index in [1.54, 1.807) is 0 Å². The summed E-state index contributed by atoms with van der Waals surface area (Å²) in [6, 6.07) is 14.6. The number of piperazine rings is 1. The van der Waals surface area contributed by atoms with Crippen molar-refractivity contribution in [3.63, 3.8) is 0 Å². The maximum absolute atomic E-state index is 13.1. The van der Waals surface area contributed by atoms with Crippen LogP contribution in [0.4, 0.5) is 5.69 Å². The lowest BCUT2D eigenvalue weighted by Crippen LogP contribution is -2.53. The Morgan fingerprint density at radius 2 is 1.78 bits per heavy atom. The van der Waals surface area contributed by atoms with Gasteiger partial charge < -0.3 is 14.5 Å². The molecule has 32 heavy (non-hydrogen) atoms. The lowest BCUT2D eigenvalue weighted by atomic mass is 10.0. The molecule has 2 aromatic carbocycles. The van der Waals surface area contributed by atoms with Gasteiger partial charge in [-0.2, -0.15) is 0 Å². The molecule has 0 aromatic heterocycles. The smallest absolute Gasteiger partial charge is 0.241 e. The van der Waals surface area contributed by atoms with Crippen LogP contribution in [0.5, 0.6) is 5.75 Å². The average molecular weight is 437 g/mol. The van der Waals surface area contributed by atoms with Crippen molar-refractivity contribution in [1.82, 2.24) is 15.8 Å². The van der Waals surface area contributed by atoms with Crippen molar-refractivity contribution in [1.29, 1.82) is 0 Å². The molecule has 0 radical (unpaired) electrons. The Morgan fingerprint density at radius 1 is 1.03 bits per heavy atom. The predicted molar refractivity (Wildman–Crippen MR) is 129 cm³/mol. The number of nitrogens with one attached hydrogen (secondary N) is 2. The molecule has 2 atom stereocenters. The van der Waals surface area contributed by atoms with E-state index in [2.05, 4.69) is 66.9 Å². The lowest BCUT2D eigenvalue weighted by Gasteiger charge is -2.38. The van der Waals surface area contributed by atoms with Crippen LogP contribution in [0.3, 0.4) is 0 Å². The second kappa shape index (κ2) is 10.4. The van der Waals surface area contributed by atoms with Crippen LogP contribution in [0.15, 0.2) is 42.5 Å². The first-order chi connectivity index (χ1) is 15.6. The molecular weight excluding hydrogens is 400 g/mol. The van der Waals surface area contributed by atoms with Crippen molar-refractivity contribution < 1.29 is 9.53 Å². The van der Waals surface area contributed by atoms with E-state index in [4.69, 9.17) is 4.74 Å². The number of rotatable bonds is 7. The molecule has 6 heteroatoms. The number of hydrogen-bond acceptors (Lipinski definition) is 5. The summed E-state index contributed by atoms with van der Waals surface area (Å²) in [5.41, 5.74) is 11.7. The van der Waals surface area contributed by atoms with E-state index in [1.807, 2.05) is 17.0 Å². The molecule has 0 bridgehead atoms. The van der Waals surface area contributed by atoms with E-state index < -0.39 is 0 Å². The molecular formula is C26H36N4O2. The van der Waals surface area contributed by atoms with Gasteiger partial charge in [-0.1, -0.05) is 37.6 Å². The van der Waals surface area contributed by atoms with Gasteiger partial charge in [0.1, 0.15) is 11.8 Å². The lowest BCUT2D eigenvalue weighted by molar-refractivity contribution is -0.133. The fourth-order valence-electron chi connectivity index (χ4n) is 4.53. The molecule has 0 aliphatic carbocycles. The monoisotopic (exact) mass is 436 g/mol. The third-order valence-corrected chi connectivity index (χ3v) is 6.76. The number of carbonyl (C=O) groups is 1. The van der Waals surface area contributed by atoms with Crippen molar-refractivity contribution in [3.8, 4) is 5.75 Å². The molecule has 2 N–H and O–H groups in total. The van der Waals surface area contributed by atoms with Crippen LogP contribution in [0.1, 0.15) is 48.9 Å². The first-order valence-electron chi connectivity index (χ1n) is 11.9. The highest BCUT2D eigenvalue weighted by Gasteiger charge is 2.34. The Labute approximate surface area is 191 Å². The topological polar surface area (TPSA) is 56.8 Å². The Hall–Kier alpha value is -2.57. The van der Waals surface area contributed by atoms with Crippen LogP contribution in [-0.2, 0) is 4.79 Å². The molecule has 0 saturated carbocycles. The van der Waals surface area contributed by atoms with Gasteiger partial charge in [0.25, 0.3) is 0 Å². The summed E-state index contributed by atoms with van der Waals surface area (Å²) in [6.45, 7) is 10.5. The number of anilines is 1. The van der Waals surface area contributed by atoms with E-state index in [-0.39, 0.29) is 18.0 Å². The number of nitrogens with zero attached hydrogens (tertiary/aromatic N) is 2. The molecule has 4 rings (SSSR count). The number of benzene rings is 2. The van der Waals surface area contributed by atoms with E-state index in [0.29, 0.717) is 0 Å².